The Kier molecular flexibility index (Phi) is 15.8. The van der Waals surface area contributed by atoms with Gasteiger partial charge in [-0.3, -0.25) is 24.4 Å². The number of carbonyl (C=O) groups excluding carboxylic acids is 5. The van der Waals surface area contributed by atoms with E-state index in [1.807, 2.05) is 59.1 Å². The van der Waals surface area contributed by atoms with E-state index in [2.05, 4.69) is 40.9 Å². The van der Waals surface area contributed by atoms with Gasteiger partial charge in [-0.05, 0) is 57.2 Å². The molecule has 4 aliphatic rings. The molecule has 0 unspecified atom stereocenters. The Labute approximate surface area is 408 Å². The van der Waals surface area contributed by atoms with Gasteiger partial charge in [0.25, 0.3) is 5.91 Å². The fourth-order valence-electron chi connectivity index (χ4n) is 9.87. The molecule has 18 nitrogen and oxygen atoms in total. The molecule has 6 bridgehead atoms. The first-order valence-electron chi connectivity index (χ1n) is 24.0. The van der Waals surface area contributed by atoms with Crippen molar-refractivity contribution >= 4 is 63.7 Å². The predicted molar refractivity (Wildman–Crippen MR) is 264 cm³/mol. The number of carbonyl (C=O) groups is 5. The van der Waals surface area contributed by atoms with Crippen LogP contribution in [0.2, 0.25) is 0 Å². The molecule has 0 aliphatic carbocycles. The number of esters is 1. The van der Waals surface area contributed by atoms with Crippen LogP contribution in [0.5, 0.6) is 0 Å². The maximum absolute atomic E-state index is 14.7. The van der Waals surface area contributed by atoms with Gasteiger partial charge in [0.05, 0.1) is 53.9 Å². The van der Waals surface area contributed by atoms with Gasteiger partial charge in [0.2, 0.25) is 17.5 Å². The van der Waals surface area contributed by atoms with E-state index >= 15 is 0 Å². The van der Waals surface area contributed by atoms with E-state index in [4.69, 9.17) is 24.2 Å². The number of morpholine rings is 1. The number of allylic oxidation sites excluding steroid dienone is 2. The number of thiazole rings is 1. The number of aromatic nitrogens is 2. The van der Waals surface area contributed by atoms with Crippen LogP contribution in [0.4, 0.5) is 4.79 Å². The van der Waals surface area contributed by atoms with Crippen molar-refractivity contribution in [1.82, 2.24) is 40.0 Å². The summed E-state index contributed by atoms with van der Waals surface area (Å²) in [6.07, 6.45) is 3.85. The number of hydrazine groups is 1. The summed E-state index contributed by atoms with van der Waals surface area (Å²) in [5.41, 5.74) is 5.77. The van der Waals surface area contributed by atoms with Gasteiger partial charge in [0, 0.05) is 105 Å². The predicted octanol–water partition coefficient (Wildman–Crippen LogP) is 4.64. The molecule has 1 aromatic carbocycles. The molecule has 3 fully saturated rings. The lowest BCUT2D eigenvalue weighted by atomic mass is 9.84. The van der Waals surface area contributed by atoms with Crippen molar-refractivity contribution in [1.29, 1.82) is 0 Å². The number of nitrogens with zero attached hydrogens (tertiary/aromatic N) is 7. The number of aliphatic hydroxyl groups is 1. The van der Waals surface area contributed by atoms with E-state index in [1.54, 1.807) is 30.2 Å². The maximum atomic E-state index is 14.7. The molecule has 69 heavy (non-hydrogen) atoms. The Morgan fingerprint density at radius 1 is 1.14 bits per heavy atom. The number of ether oxygens (including phenoxy) is 3. The molecule has 0 saturated carbocycles. The Hall–Kier alpha value is -5.47. The SMILES string of the molecule is C=C/C(=C(\N=C/C)[C@H](C)OC)c1c2c3cc(ccc3n1CC)-c1csc(n1)C[C@H](NC(=O)[C@H](C(C)C)N(C)C(=O)N1CC(C(=O)N3CCOCC3)C1)C(=O)N1CCC[C@@](O)(N1)C(=O)OCC(C)(C)C2. The summed E-state index contributed by atoms with van der Waals surface area (Å²) < 4.78 is 19.4. The number of hydrogen-bond donors (Lipinski definition) is 3. The van der Waals surface area contributed by atoms with Gasteiger partial charge < -0.3 is 43.9 Å². The van der Waals surface area contributed by atoms with Gasteiger partial charge in [-0.1, -0.05) is 46.4 Å². The summed E-state index contributed by atoms with van der Waals surface area (Å²) in [5, 5.41) is 19.4. The average molecular weight is 972 g/mol. The Morgan fingerprint density at radius 2 is 1.87 bits per heavy atom. The molecule has 0 spiro atoms. The van der Waals surface area contributed by atoms with Crippen LogP contribution in [0, 0.1) is 17.3 Å². The van der Waals surface area contributed by atoms with Crippen molar-refractivity contribution in [2.24, 2.45) is 22.2 Å². The van der Waals surface area contributed by atoms with Crippen molar-refractivity contribution in [2.75, 3.05) is 66.7 Å². The van der Waals surface area contributed by atoms with Crippen molar-refractivity contribution in [3.8, 4) is 11.3 Å². The molecular formula is C50H69N9O9S. The molecule has 3 N–H and O–H groups in total. The summed E-state index contributed by atoms with van der Waals surface area (Å²) in [5.74, 6) is -2.82. The topological polar surface area (TPSA) is 200 Å². The lowest BCUT2D eigenvalue weighted by Gasteiger charge is -2.44. The van der Waals surface area contributed by atoms with Gasteiger partial charge in [0.15, 0.2) is 0 Å². The zero-order valence-electron chi connectivity index (χ0n) is 41.5. The third-order valence-electron chi connectivity index (χ3n) is 13.6. The van der Waals surface area contributed by atoms with Crippen molar-refractivity contribution in [3.05, 3.63) is 58.2 Å². The van der Waals surface area contributed by atoms with Gasteiger partial charge in [-0.2, -0.15) is 5.43 Å². The van der Waals surface area contributed by atoms with Crippen molar-refractivity contribution < 1.29 is 43.3 Å². The minimum atomic E-state index is -2.25. The number of benzene rings is 1. The third kappa shape index (κ3) is 10.7. The number of likely N-dealkylation sites (tertiary alicyclic amines) is 1. The number of hydrogen-bond acceptors (Lipinski definition) is 13. The first-order valence-corrected chi connectivity index (χ1v) is 24.9. The fourth-order valence-corrected chi connectivity index (χ4v) is 10.7. The molecule has 2 aromatic heterocycles. The molecule has 5 amide bonds. The highest BCUT2D eigenvalue weighted by Crippen LogP contribution is 2.40. The Morgan fingerprint density at radius 3 is 2.52 bits per heavy atom. The standard InChI is InChI=1S/C50H69N9O9S/c1-11-34(41(51-12-2)31(6)66-10)43-36-25-49(7,8)29-68-47(63)50(65)17-14-18-59(54-50)46(62)37(24-40-52-38(28-69-40)32-15-16-39(35(36)23-32)58(43)13-3)53-44(60)42(30(4)5)55(9)48(64)57-26-33(27-57)45(61)56-19-21-67-22-20-56/h11-12,15-16,23,28,30-31,33,37,42,54,65H,1,13-14,17-22,24-27,29H2,2-10H3,(H,53,60)/b41-34+,51-12-/t31-,37-,42-,50-/m0/s1. The highest BCUT2D eigenvalue weighted by Gasteiger charge is 2.46. The van der Waals surface area contributed by atoms with Crippen LogP contribution < -0.4 is 10.7 Å². The molecule has 3 aromatic rings. The van der Waals surface area contributed by atoms with E-state index in [1.165, 1.54) is 21.2 Å². The number of urea groups is 1. The number of aliphatic imine (C=N–C) groups is 1. The summed E-state index contributed by atoms with van der Waals surface area (Å²) in [4.78, 5) is 84.7. The normalized spacial score (nSPS) is 22.7. The van der Waals surface area contributed by atoms with Gasteiger partial charge in [-0.15, -0.1) is 11.3 Å². The molecule has 6 heterocycles. The number of amides is 5. The molecule has 0 radical (unpaired) electrons. The molecular weight excluding hydrogens is 903 g/mol. The minimum absolute atomic E-state index is 0.0112. The van der Waals surface area contributed by atoms with Gasteiger partial charge in [-0.25, -0.2) is 14.6 Å². The highest BCUT2D eigenvalue weighted by molar-refractivity contribution is 7.10. The zero-order chi connectivity index (χ0) is 49.9. The lowest BCUT2D eigenvalue weighted by molar-refractivity contribution is -0.189. The smallest absolute Gasteiger partial charge is 0.355 e. The van der Waals surface area contributed by atoms with E-state index in [0.29, 0.717) is 55.7 Å². The number of rotatable bonds is 11. The number of cyclic esters (lactones) is 1. The summed E-state index contributed by atoms with van der Waals surface area (Å²) >= 11 is 1.35. The molecule has 4 atom stereocenters. The first kappa shape index (κ1) is 51.4. The summed E-state index contributed by atoms with van der Waals surface area (Å²) in [6, 6.07) is 3.58. The van der Waals surface area contributed by atoms with Crippen LogP contribution in [0.15, 0.2) is 46.9 Å². The second-order valence-corrected chi connectivity index (χ2v) is 20.5. The van der Waals surface area contributed by atoms with Gasteiger partial charge >= 0.3 is 12.0 Å². The second-order valence-electron chi connectivity index (χ2n) is 19.6. The number of aryl methyl sites for hydroxylation is 1. The van der Waals surface area contributed by atoms with Crippen LogP contribution >= 0.6 is 11.3 Å². The first-order chi connectivity index (χ1) is 32.8. The average Bonchev–Trinajstić information content (AvgIpc) is 3.90. The van der Waals surface area contributed by atoms with E-state index < -0.39 is 47.0 Å². The number of nitrogens with one attached hydrogen (secondary N) is 2. The van der Waals surface area contributed by atoms with Crippen LogP contribution in [0.3, 0.4) is 0 Å². The highest BCUT2D eigenvalue weighted by atomic mass is 32.1. The van der Waals surface area contributed by atoms with E-state index in [9.17, 15) is 29.1 Å². The number of likely N-dealkylation sites (N-methyl/N-ethyl adjacent to an activating group) is 1. The van der Waals surface area contributed by atoms with Crippen molar-refractivity contribution in [2.45, 2.75) is 105 Å². The Bertz CT molecular complexity index is 2500. The fraction of sp³-hybridized carbons (Fsp3) is 0.580. The van der Waals surface area contributed by atoms with Crippen LogP contribution in [-0.4, -0.2) is 161 Å². The van der Waals surface area contributed by atoms with E-state index in [-0.39, 0.29) is 69.4 Å². The third-order valence-corrected chi connectivity index (χ3v) is 14.5. The van der Waals surface area contributed by atoms with Crippen LogP contribution in [-0.2, 0) is 52.8 Å². The molecule has 374 valence electrons. The second kappa shape index (κ2) is 21.3. The summed E-state index contributed by atoms with van der Waals surface area (Å²) in [6.45, 7) is 20.9. The van der Waals surface area contributed by atoms with Gasteiger partial charge in [0.1, 0.15) is 12.1 Å². The Balaban J connectivity index is 1.24. The summed E-state index contributed by atoms with van der Waals surface area (Å²) in [7, 11) is 3.19. The van der Waals surface area contributed by atoms with Crippen LogP contribution in [0.1, 0.15) is 77.6 Å². The largest absolute Gasteiger partial charge is 0.462 e. The van der Waals surface area contributed by atoms with Crippen molar-refractivity contribution in [3.63, 3.8) is 0 Å². The molecule has 4 aliphatic heterocycles. The molecule has 3 saturated heterocycles. The molecule has 7 rings (SSSR count). The number of fused-ring (bicyclic) bond motifs is 6. The van der Waals surface area contributed by atoms with E-state index in [0.717, 1.165) is 33.3 Å². The van der Waals surface area contributed by atoms with Crippen LogP contribution in [0.25, 0.3) is 27.7 Å². The lowest BCUT2D eigenvalue weighted by Crippen LogP contribution is -2.67. The quantitative estimate of drug-likeness (QED) is 0.137. The minimum Gasteiger partial charge on any atom is -0.462 e. The zero-order valence-corrected chi connectivity index (χ0v) is 42.3. The number of methoxy groups -OCH3 is 1. The monoisotopic (exact) mass is 971 g/mol. The molecule has 19 heteroatoms. The maximum Gasteiger partial charge on any atom is 0.355 e.